The fraction of sp³-hybridized carbons (Fsp3) is 0.640. The molecule has 4 rings (SSSR count). The summed E-state index contributed by atoms with van der Waals surface area (Å²) in [5.74, 6) is -0.595. The van der Waals surface area contributed by atoms with Gasteiger partial charge in [-0.15, -0.1) is 5.10 Å². The van der Waals surface area contributed by atoms with E-state index < -0.39 is 6.72 Å². The summed E-state index contributed by atoms with van der Waals surface area (Å²) in [4.78, 5) is 65.2. The molecule has 0 saturated heterocycles. The van der Waals surface area contributed by atoms with E-state index >= 15 is 0 Å². The van der Waals surface area contributed by atoms with Crippen LogP contribution in [0.15, 0.2) is 48.5 Å². The minimum Gasteiger partial charge on any atom is -0.780 e. The van der Waals surface area contributed by atoms with Gasteiger partial charge in [-0.3, -0.25) is 19.2 Å². The Labute approximate surface area is 425 Å². The summed E-state index contributed by atoms with van der Waals surface area (Å²) in [6.45, 7) is 10.9. The molecule has 1 aliphatic heterocycles. The molecule has 1 atom stereocenters. The third kappa shape index (κ3) is 23.9. The van der Waals surface area contributed by atoms with Gasteiger partial charge < -0.3 is 59.1 Å². The summed E-state index contributed by atoms with van der Waals surface area (Å²) in [5, 5.41) is 21.1. The third-order valence-corrected chi connectivity index (χ3v) is 12.8. The number of carbonyl (C=O) groups is 4. The molecule has 4 amide bonds. The van der Waals surface area contributed by atoms with Gasteiger partial charge in [0.05, 0.1) is 83.5 Å². The summed E-state index contributed by atoms with van der Waals surface area (Å²) in [5.41, 5.74) is 4.86. The van der Waals surface area contributed by atoms with E-state index in [1.54, 1.807) is 18.7 Å². The molecule has 0 radical (unpaired) electrons. The molecule has 396 valence electrons. The number of amides is 4. The molecular formula is C50H78N8O11PS-. The first-order chi connectivity index (χ1) is 34.3. The number of unbranched alkanes of at least 4 members (excludes halogenated alkanes) is 5. The maximum Gasteiger partial charge on any atom is 0.227 e. The number of nitrogens with zero attached hydrogens (tertiary/aromatic N) is 4. The Kier molecular flexibility index (Phi) is 28.6. The van der Waals surface area contributed by atoms with E-state index in [4.69, 9.17) is 39.8 Å². The molecule has 0 fully saturated rings. The molecule has 4 N–H and O–H groups in total. The van der Waals surface area contributed by atoms with Crippen LogP contribution in [0, 0.1) is 0 Å². The first-order valence-corrected chi connectivity index (χ1v) is 27.8. The van der Waals surface area contributed by atoms with Gasteiger partial charge >= 0.3 is 0 Å². The van der Waals surface area contributed by atoms with Crippen LogP contribution in [-0.2, 0) is 72.1 Å². The highest BCUT2D eigenvalue weighted by Crippen LogP contribution is 2.42. The second-order valence-corrected chi connectivity index (χ2v) is 20.4. The molecule has 1 unspecified atom stereocenters. The number of anilines is 1. The molecule has 2 heterocycles. The van der Waals surface area contributed by atoms with Crippen LogP contribution in [0.25, 0.3) is 22.5 Å². The fourth-order valence-electron chi connectivity index (χ4n) is 7.57. The molecule has 71 heavy (non-hydrogen) atoms. The summed E-state index contributed by atoms with van der Waals surface area (Å²) < 4.78 is 34.3. The Hall–Kier alpha value is -4.21. The zero-order valence-corrected chi connectivity index (χ0v) is 44.0. The van der Waals surface area contributed by atoms with Crippen LogP contribution in [0.5, 0.6) is 0 Å². The van der Waals surface area contributed by atoms with E-state index in [-0.39, 0.29) is 75.4 Å². The minimum atomic E-state index is -3.42. The van der Waals surface area contributed by atoms with E-state index in [0.29, 0.717) is 89.7 Å². The Morgan fingerprint density at radius 2 is 1.24 bits per heavy atom. The Balaban J connectivity index is 1.11. The number of benzene rings is 2. The van der Waals surface area contributed by atoms with Gasteiger partial charge in [0, 0.05) is 75.6 Å². The molecule has 21 heteroatoms. The summed E-state index contributed by atoms with van der Waals surface area (Å²) in [6, 6.07) is 16.0. The Morgan fingerprint density at radius 3 is 1.96 bits per heavy atom. The molecule has 0 spiro atoms. The van der Waals surface area contributed by atoms with Crippen molar-refractivity contribution in [2.24, 2.45) is 0 Å². The van der Waals surface area contributed by atoms with Crippen molar-refractivity contribution in [1.82, 2.24) is 36.3 Å². The van der Waals surface area contributed by atoms with E-state index in [0.717, 1.165) is 73.9 Å². The van der Waals surface area contributed by atoms with Crippen molar-refractivity contribution in [2.45, 2.75) is 124 Å². The number of ether oxygens (including phenoxy) is 4. The highest BCUT2D eigenvalue weighted by Gasteiger charge is 2.29. The lowest BCUT2D eigenvalue weighted by Crippen LogP contribution is -2.34. The van der Waals surface area contributed by atoms with Crippen LogP contribution in [0.4, 0.5) is 5.69 Å². The van der Waals surface area contributed by atoms with Gasteiger partial charge in [0.25, 0.3) is 0 Å². The number of fused-ring (bicyclic) bond motifs is 5. The molecule has 0 bridgehead atoms. The van der Waals surface area contributed by atoms with Crippen molar-refractivity contribution in [3.05, 3.63) is 54.1 Å². The summed E-state index contributed by atoms with van der Waals surface area (Å²) >= 11 is 4.89. The van der Waals surface area contributed by atoms with Crippen LogP contribution in [0.1, 0.15) is 104 Å². The van der Waals surface area contributed by atoms with Crippen molar-refractivity contribution >= 4 is 47.8 Å². The predicted octanol–water partition coefficient (Wildman–Crippen LogP) is 5.19. The van der Waals surface area contributed by atoms with Crippen LogP contribution in [-0.4, -0.2) is 136 Å². The Morgan fingerprint density at radius 1 is 0.648 bits per heavy atom. The van der Waals surface area contributed by atoms with Crippen LogP contribution < -0.4 is 31.1 Å². The zero-order valence-electron chi connectivity index (χ0n) is 42.3. The highest BCUT2D eigenvalue weighted by atomic mass is 32.5. The van der Waals surface area contributed by atoms with E-state index in [1.807, 2.05) is 53.2 Å². The van der Waals surface area contributed by atoms with Crippen molar-refractivity contribution in [1.29, 1.82) is 0 Å². The lowest BCUT2D eigenvalue weighted by Gasteiger charge is -2.29. The number of rotatable bonds is 38. The molecule has 0 aliphatic carbocycles. The van der Waals surface area contributed by atoms with Crippen molar-refractivity contribution in [2.75, 3.05) is 90.5 Å². The zero-order chi connectivity index (χ0) is 51.1. The van der Waals surface area contributed by atoms with Gasteiger partial charge in [0.2, 0.25) is 23.6 Å². The van der Waals surface area contributed by atoms with Crippen LogP contribution in [0.3, 0.4) is 0 Å². The average Bonchev–Trinajstić information content (AvgIpc) is 3.75. The number of carbonyl (C=O) groups excluding carboxylic acids is 4. The molecule has 3 aromatic rings. The third-order valence-electron chi connectivity index (χ3n) is 11.1. The minimum absolute atomic E-state index is 0.00157. The van der Waals surface area contributed by atoms with Crippen molar-refractivity contribution in [3.8, 4) is 22.5 Å². The monoisotopic (exact) mass is 1030 g/mol. The lowest BCUT2D eigenvalue weighted by atomic mass is 9.95. The number of para-hydroxylation sites is 1. The summed E-state index contributed by atoms with van der Waals surface area (Å²) in [7, 11) is 0. The van der Waals surface area contributed by atoms with Gasteiger partial charge in [-0.25, -0.2) is 4.68 Å². The fourth-order valence-corrected chi connectivity index (χ4v) is 9.24. The van der Waals surface area contributed by atoms with Gasteiger partial charge in [0.15, 0.2) is 0 Å². The van der Waals surface area contributed by atoms with E-state index in [2.05, 4.69) is 45.4 Å². The largest absolute Gasteiger partial charge is 0.780 e. The first-order valence-electron chi connectivity index (χ1n) is 25.2. The van der Waals surface area contributed by atoms with Crippen molar-refractivity contribution < 1.29 is 52.1 Å². The number of aromatic nitrogens is 3. The number of nitrogens with one attached hydrogen (secondary N) is 4. The van der Waals surface area contributed by atoms with Crippen LogP contribution >= 0.6 is 6.72 Å². The predicted molar refractivity (Wildman–Crippen MR) is 275 cm³/mol. The standard InChI is InChI=1S/C50H79N8O11PS/c1-39(2)51-25-31-65-34-36-67-37-35-66-33-27-54-47(61)23-30-64-32-26-53-46(60)21-22-48(62)57-38-41-16-9-10-17-42(41)50-49(43-18-11-12-19-44(43)57)55-56-58(50)28-14-7-8-20-45(59)52-24-13-5-6-15-29-68-70(63,71)69-40(3)4/h9-12,16-19,39-40,51H,5-8,13-15,20-38H2,1-4H3,(H,52,59)(H,53,60)(H,54,61)(H,63,71)/p-1. The quantitative estimate of drug-likeness (QED) is 0.0428. The van der Waals surface area contributed by atoms with Crippen LogP contribution in [0.2, 0.25) is 0 Å². The Bertz CT molecular complexity index is 2090. The second kappa shape index (κ2) is 34.3. The second-order valence-electron chi connectivity index (χ2n) is 17.7. The molecule has 0 saturated carbocycles. The highest BCUT2D eigenvalue weighted by molar-refractivity contribution is 8.06. The molecule has 1 aromatic heterocycles. The van der Waals surface area contributed by atoms with Gasteiger partial charge in [-0.05, 0) is 51.2 Å². The smallest absolute Gasteiger partial charge is 0.227 e. The SMILES string of the molecule is CC(C)NCCOCCOCCOCCNC(=O)CCOCCNC(=O)CCC(=O)N1Cc2ccccc2-c2c(nnn2CCCCCC(=O)NCCCCCCOP([O-])(=S)OC(C)C)-c2ccccc21. The maximum absolute atomic E-state index is 14.0. The van der Waals surface area contributed by atoms with E-state index in [1.165, 1.54) is 0 Å². The molecular weight excluding hydrogens is 952 g/mol. The van der Waals surface area contributed by atoms with Crippen molar-refractivity contribution in [3.63, 3.8) is 0 Å². The lowest BCUT2D eigenvalue weighted by molar-refractivity contribution is -0.209. The number of hydrogen-bond donors (Lipinski definition) is 4. The van der Waals surface area contributed by atoms with Gasteiger partial charge in [-0.2, -0.15) is 0 Å². The first kappa shape index (κ1) is 59.4. The number of aryl methyl sites for hydroxylation is 1. The van der Waals surface area contributed by atoms with Gasteiger partial charge in [-0.1, -0.05) is 92.6 Å². The molecule has 2 aromatic carbocycles. The maximum atomic E-state index is 14.0. The topological polar surface area (TPSA) is 229 Å². The molecule has 1 aliphatic rings. The normalized spacial score (nSPS) is 13.0. The average molecular weight is 1030 g/mol. The van der Waals surface area contributed by atoms with Gasteiger partial charge in [0.1, 0.15) is 12.4 Å². The number of hydrogen-bond acceptors (Lipinski definition) is 15. The summed E-state index contributed by atoms with van der Waals surface area (Å²) in [6.07, 6.45) is 6.10. The van der Waals surface area contributed by atoms with E-state index in [9.17, 15) is 24.1 Å². The molecule has 19 nitrogen and oxygen atoms in total.